The number of hydrogen-bond donors (Lipinski definition) is 4. The number of carbonyl (C=O) groups excluding carboxylic acids is 1. The fraction of sp³-hybridized carbons (Fsp3) is 0. The van der Waals surface area contributed by atoms with Gasteiger partial charge >= 0.3 is 11.7 Å². The molecule has 0 aliphatic carbocycles. The Bertz CT molecular complexity index is 1500. The number of nitrogens with one attached hydrogen (secondary N) is 3. The van der Waals surface area contributed by atoms with Crippen molar-refractivity contribution in [3.05, 3.63) is 82.2 Å². The second kappa shape index (κ2) is 6.05. The lowest BCUT2D eigenvalue weighted by Gasteiger charge is -1.95. The number of hydrogen-bond acceptors (Lipinski definition) is 7. The summed E-state index contributed by atoms with van der Waals surface area (Å²) in [6, 6.07) is 4.90. The SMILES string of the molecule is O=C1N=c2c(c/c(=c3\cc/c(=C\c4c(O)[nH]c(=O)[nH]c4=O)o3)cc2[N+](=O)[O-])N1. The number of aromatic nitrogens is 2. The molecular formula is C16H9N5O7. The molecule has 1 aromatic carbocycles. The fourth-order valence-electron chi connectivity index (χ4n) is 2.70. The third-order valence-electron chi connectivity index (χ3n) is 3.90. The quantitative estimate of drug-likeness (QED) is 0.341. The lowest BCUT2D eigenvalue weighted by molar-refractivity contribution is -0.386. The molecule has 0 atom stereocenters. The van der Waals surface area contributed by atoms with Crippen molar-refractivity contribution in [1.29, 1.82) is 0 Å². The van der Waals surface area contributed by atoms with E-state index >= 15 is 0 Å². The largest absolute Gasteiger partial charge is 0.494 e. The number of aromatic hydroxyl groups is 1. The van der Waals surface area contributed by atoms with Crippen molar-refractivity contribution in [2.24, 2.45) is 4.99 Å². The number of carbonyl (C=O) groups is 1. The standard InChI is InChI=1S/C16H9N5O7/c22-13-8(14(23)20-16(25)19-13)5-7-1-2-11(28-7)6-3-9-12(18-15(24)17-9)10(4-6)21(26)27/h1-5H,(H,17,24)(H3,19,20,22,23,25)/b7-5+,11-6-. The maximum atomic E-state index is 11.8. The van der Waals surface area contributed by atoms with Crippen molar-refractivity contribution in [1.82, 2.24) is 9.97 Å². The van der Waals surface area contributed by atoms with Crippen molar-refractivity contribution in [2.75, 3.05) is 5.32 Å². The number of H-pyrrole nitrogens is 2. The highest BCUT2D eigenvalue weighted by Gasteiger charge is 2.21. The second-order valence-corrected chi connectivity index (χ2v) is 5.71. The van der Waals surface area contributed by atoms with Crippen LogP contribution in [0.3, 0.4) is 0 Å². The van der Waals surface area contributed by atoms with Crippen LogP contribution in [-0.4, -0.2) is 26.0 Å². The van der Waals surface area contributed by atoms with Gasteiger partial charge in [-0.15, -0.1) is 0 Å². The fourth-order valence-corrected chi connectivity index (χ4v) is 2.70. The zero-order valence-corrected chi connectivity index (χ0v) is 13.7. The Morgan fingerprint density at radius 2 is 1.96 bits per heavy atom. The van der Waals surface area contributed by atoms with Crippen LogP contribution in [0.1, 0.15) is 5.56 Å². The van der Waals surface area contributed by atoms with Crippen LogP contribution in [0.4, 0.5) is 16.2 Å². The molecule has 2 aromatic heterocycles. The number of nitrogens with zero attached hydrogens (tertiary/aromatic N) is 2. The number of nitro benzene ring substituents is 1. The van der Waals surface area contributed by atoms with Gasteiger partial charge in [-0.2, -0.15) is 4.99 Å². The molecule has 3 aromatic rings. The van der Waals surface area contributed by atoms with Crippen LogP contribution in [0.2, 0.25) is 0 Å². The molecule has 12 nitrogen and oxygen atoms in total. The lowest BCUT2D eigenvalue weighted by atomic mass is 10.2. The molecule has 28 heavy (non-hydrogen) atoms. The summed E-state index contributed by atoms with van der Waals surface area (Å²) in [5.41, 5.74) is -1.77. The van der Waals surface area contributed by atoms with Gasteiger partial charge in [-0.1, -0.05) is 0 Å². The molecule has 0 fully saturated rings. The predicted octanol–water partition coefficient (Wildman–Crippen LogP) is -0.449. The zero-order valence-electron chi connectivity index (χ0n) is 13.7. The molecule has 4 rings (SSSR count). The molecule has 0 bridgehead atoms. The number of non-ortho nitro benzene ring substituents is 1. The Balaban J connectivity index is 1.96. The number of fused-ring (bicyclic) bond motifs is 1. The summed E-state index contributed by atoms with van der Waals surface area (Å²) in [5, 5.41) is 23.6. The summed E-state index contributed by atoms with van der Waals surface area (Å²) >= 11 is 0. The van der Waals surface area contributed by atoms with E-state index in [1.54, 1.807) is 0 Å². The highest BCUT2D eigenvalue weighted by Crippen LogP contribution is 2.16. The minimum absolute atomic E-state index is 0.0678. The molecule has 0 spiro atoms. The van der Waals surface area contributed by atoms with E-state index in [0.717, 1.165) is 0 Å². The van der Waals surface area contributed by atoms with E-state index in [2.05, 4.69) is 10.3 Å². The van der Waals surface area contributed by atoms with Gasteiger partial charge in [0.25, 0.3) is 11.2 Å². The summed E-state index contributed by atoms with van der Waals surface area (Å²) in [4.78, 5) is 52.5. The number of anilines is 1. The third kappa shape index (κ3) is 2.84. The van der Waals surface area contributed by atoms with E-state index in [9.17, 15) is 29.6 Å². The highest BCUT2D eigenvalue weighted by atomic mass is 16.6. The van der Waals surface area contributed by atoms with Gasteiger partial charge in [0.2, 0.25) is 5.88 Å². The Kier molecular flexibility index (Phi) is 3.66. The number of urea groups is 1. The van der Waals surface area contributed by atoms with Crippen LogP contribution in [0.5, 0.6) is 5.88 Å². The maximum Gasteiger partial charge on any atom is 0.346 e. The van der Waals surface area contributed by atoms with Crippen LogP contribution in [0.25, 0.3) is 6.08 Å². The number of benzene rings is 1. The summed E-state index contributed by atoms with van der Waals surface area (Å²) in [6.45, 7) is 0. The normalized spacial score (nSPS) is 14.4. The van der Waals surface area contributed by atoms with Crippen molar-refractivity contribution in [3.63, 3.8) is 0 Å². The summed E-state index contributed by atoms with van der Waals surface area (Å²) in [5.74, 6) is -0.635. The molecule has 0 saturated carbocycles. The van der Waals surface area contributed by atoms with E-state index in [1.807, 2.05) is 9.97 Å². The summed E-state index contributed by atoms with van der Waals surface area (Å²) < 4.78 is 5.56. The molecule has 1 aliphatic heterocycles. The van der Waals surface area contributed by atoms with Gasteiger partial charge < -0.3 is 14.8 Å². The predicted molar refractivity (Wildman–Crippen MR) is 92.2 cm³/mol. The lowest BCUT2D eigenvalue weighted by Crippen LogP contribution is -2.24. The molecule has 3 heterocycles. The van der Waals surface area contributed by atoms with Crippen molar-refractivity contribution < 1.29 is 19.2 Å². The summed E-state index contributed by atoms with van der Waals surface area (Å²) in [7, 11) is 0. The first kappa shape index (κ1) is 17.0. The minimum Gasteiger partial charge on any atom is -0.494 e. The molecule has 12 heteroatoms. The van der Waals surface area contributed by atoms with Crippen molar-refractivity contribution in [3.8, 4) is 5.88 Å². The van der Waals surface area contributed by atoms with Crippen LogP contribution in [-0.2, 0) is 0 Å². The van der Waals surface area contributed by atoms with Gasteiger partial charge in [0.05, 0.1) is 10.6 Å². The van der Waals surface area contributed by atoms with Gasteiger partial charge in [0.15, 0.2) is 5.36 Å². The number of nitro groups is 1. The molecule has 0 saturated heterocycles. The highest BCUT2D eigenvalue weighted by molar-refractivity contribution is 5.94. The Morgan fingerprint density at radius 3 is 2.68 bits per heavy atom. The summed E-state index contributed by atoms with van der Waals surface area (Å²) in [6.07, 6.45) is 1.19. The minimum atomic E-state index is -0.863. The molecule has 0 unspecified atom stereocenters. The van der Waals surface area contributed by atoms with Crippen LogP contribution in [0, 0.1) is 20.7 Å². The van der Waals surface area contributed by atoms with Crippen molar-refractivity contribution in [2.45, 2.75) is 0 Å². The molecule has 140 valence electrons. The first-order valence-corrected chi connectivity index (χ1v) is 7.67. The number of amides is 2. The van der Waals surface area contributed by atoms with E-state index in [-0.39, 0.29) is 33.1 Å². The van der Waals surface area contributed by atoms with Crippen molar-refractivity contribution >= 4 is 23.5 Å². The smallest absolute Gasteiger partial charge is 0.346 e. The van der Waals surface area contributed by atoms with Gasteiger partial charge in [-0.05, 0) is 24.3 Å². The van der Waals surface area contributed by atoms with Crippen LogP contribution in [0.15, 0.2) is 43.3 Å². The average Bonchev–Trinajstić information content (AvgIpc) is 3.22. The first-order chi connectivity index (χ1) is 13.3. The topological polar surface area (TPSA) is 184 Å². The molecule has 0 radical (unpaired) electrons. The molecule has 1 aliphatic rings. The van der Waals surface area contributed by atoms with Gasteiger partial charge in [0.1, 0.15) is 16.4 Å². The first-order valence-electron chi connectivity index (χ1n) is 7.67. The monoisotopic (exact) mass is 383 g/mol. The van der Waals surface area contributed by atoms with E-state index < -0.39 is 28.1 Å². The van der Waals surface area contributed by atoms with E-state index in [1.165, 1.54) is 30.3 Å². The Morgan fingerprint density at radius 1 is 1.18 bits per heavy atom. The van der Waals surface area contributed by atoms with Gasteiger partial charge in [-0.3, -0.25) is 24.9 Å². The molecular weight excluding hydrogens is 374 g/mol. The number of furan rings is 1. The molecule has 4 N–H and O–H groups in total. The van der Waals surface area contributed by atoms with Gasteiger partial charge in [0, 0.05) is 11.3 Å². The van der Waals surface area contributed by atoms with E-state index in [4.69, 9.17) is 4.42 Å². The Hall–Kier alpha value is -4.48. The maximum absolute atomic E-state index is 11.8. The number of aromatic amines is 2. The Labute approximate surface area is 152 Å². The zero-order chi connectivity index (χ0) is 20.0. The van der Waals surface area contributed by atoms with Gasteiger partial charge in [-0.25, -0.2) is 9.59 Å². The number of rotatable bonds is 2. The van der Waals surface area contributed by atoms with E-state index in [0.29, 0.717) is 5.22 Å². The second-order valence-electron chi connectivity index (χ2n) is 5.71. The molecule has 2 amide bonds. The van der Waals surface area contributed by atoms with Crippen LogP contribution >= 0.6 is 0 Å². The van der Waals surface area contributed by atoms with Crippen LogP contribution < -0.4 is 27.3 Å². The average molecular weight is 383 g/mol. The third-order valence-corrected chi connectivity index (χ3v) is 3.90.